The van der Waals surface area contributed by atoms with E-state index in [0.717, 1.165) is 19.3 Å². The lowest BCUT2D eigenvalue weighted by Crippen LogP contribution is -2.44. The number of hydrogen-bond donors (Lipinski definition) is 1. The summed E-state index contributed by atoms with van der Waals surface area (Å²) in [7, 11) is 0. The fraction of sp³-hybridized carbons (Fsp3) is 0.500. The molecule has 1 aliphatic heterocycles. The summed E-state index contributed by atoms with van der Waals surface area (Å²) in [6.07, 6.45) is 3.93. The molecule has 0 spiro atoms. The van der Waals surface area contributed by atoms with E-state index in [0.29, 0.717) is 6.04 Å². The highest BCUT2D eigenvalue weighted by Crippen LogP contribution is 2.14. The van der Waals surface area contributed by atoms with Gasteiger partial charge in [0.25, 0.3) is 0 Å². The van der Waals surface area contributed by atoms with Crippen molar-refractivity contribution >= 4 is 0 Å². The molecule has 14 heavy (non-hydrogen) atoms. The highest BCUT2D eigenvalue weighted by Gasteiger charge is 2.18. The molecule has 2 nitrogen and oxygen atoms in total. The Morgan fingerprint density at radius 1 is 1.21 bits per heavy atom. The van der Waals surface area contributed by atoms with E-state index in [9.17, 15) is 5.73 Å². The summed E-state index contributed by atoms with van der Waals surface area (Å²) in [6, 6.07) is 10.9. The number of nitrogens with one attached hydrogen (secondary N) is 1. The third-order valence-electron chi connectivity index (χ3n) is 2.78. The Morgan fingerprint density at radius 2 is 2.00 bits per heavy atom. The second-order valence-electron chi connectivity index (χ2n) is 4.00. The van der Waals surface area contributed by atoms with Crippen LogP contribution in [0.5, 0.6) is 0 Å². The van der Waals surface area contributed by atoms with Crippen molar-refractivity contribution in [3.05, 3.63) is 35.9 Å². The normalized spacial score (nSPS) is 27.5. The van der Waals surface area contributed by atoms with Crippen molar-refractivity contribution in [1.29, 1.82) is 0 Å². The summed E-state index contributed by atoms with van der Waals surface area (Å²) in [5.74, 6) is 0. The van der Waals surface area contributed by atoms with Gasteiger partial charge in [0.05, 0.1) is 6.17 Å². The standard InChI is InChI=1S/C12H16N2/c13-12-8-4-7-11(14-12)9-10-5-2-1-3-6-10/h1-3,5-6,11-12,14H,4,7-9H2. The minimum Gasteiger partial charge on any atom is -0.296 e. The molecule has 2 atom stereocenters. The third-order valence-corrected chi connectivity index (χ3v) is 2.78. The molecule has 2 radical (unpaired) electrons. The lowest BCUT2D eigenvalue weighted by Gasteiger charge is -2.27. The maximum absolute atomic E-state index is 9.45. The summed E-state index contributed by atoms with van der Waals surface area (Å²) in [5.41, 5.74) is 10.8. The van der Waals surface area contributed by atoms with Crippen molar-refractivity contribution in [2.45, 2.75) is 37.9 Å². The molecule has 1 aliphatic rings. The van der Waals surface area contributed by atoms with Crippen molar-refractivity contribution in [2.24, 2.45) is 0 Å². The Bertz CT molecular complexity index is 271. The van der Waals surface area contributed by atoms with Crippen LogP contribution < -0.4 is 11.1 Å². The molecule has 2 unspecified atom stereocenters. The van der Waals surface area contributed by atoms with Crippen LogP contribution in [0.15, 0.2) is 30.3 Å². The van der Waals surface area contributed by atoms with Crippen LogP contribution in [0.1, 0.15) is 24.8 Å². The summed E-state index contributed by atoms with van der Waals surface area (Å²) < 4.78 is 0. The second kappa shape index (κ2) is 4.58. The van der Waals surface area contributed by atoms with Gasteiger partial charge in [-0.15, -0.1) is 5.73 Å². The first kappa shape index (κ1) is 9.69. The van der Waals surface area contributed by atoms with Crippen molar-refractivity contribution in [3.63, 3.8) is 0 Å². The lowest BCUT2D eigenvalue weighted by atomic mass is 9.97. The van der Waals surface area contributed by atoms with Crippen LogP contribution in [0.2, 0.25) is 0 Å². The van der Waals surface area contributed by atoms with Crippen LogP contribution in [0.25, 0.3) is 0 Å². The lowest BCUT2D eigenvalue weighted by molar-refractivity contribution is 0.317. The molecule has 1 saturated heterocycles. The van der Waals surface area contributed by atoms with Gasteiger partial charge in [0.1, 0.15) is 0 Å². The molecular formula is C12H16N2. The Kier molecular flexibility index (Phi) is 3.17. The van der Waals surface area contributed by atoms with Gasteiger partial charge >= 0.3 is 0 Å². The van der Waals surface area contributed by atoms with Gasteiger partial charge in [-0.25, -0.2) is 0 Å². The van der Waals surface area contributed by atoms with Crippen molar-refractivity contribution in [1.82, 2.24) is 11.1 Å². The topological polar surface area (TPSA) is 34.3 Å². The first-order valence-electron chi connectivity index (χ1n) is 5.32. The minimum atomic E-state index is -0.294. The quantitative estimate of drug-likeness (QED) is 0.754. The fourth-order valence-electron chi connectivity index (χ4n) is 2.06. The van der Waals surface area contributed by atoms with Crippen LogP contribution in [0, 0.1) is 0 Å². The average molecular weight is 188 g/mol. The monoisotopic (exact) mass is 188 g/mol. The van der Waals surface area contributed by atoms with Gasteiger partial charge in [-0.05, 0) is 31.2 Å². The summed E-state index contributed by atoms with van der Waals surface area (Å²) >= 11 is 0. The molecule has 0 saturated carbocycles. The van der Waals surface area contributed by atoms with E-state index >= 15 is 0 Å². The predicted molar refractivity (Wildman–Crippen MR) is 56.8 cm³/mol. The third kappa shape index (κ3) is 2.56. The van der Waals surface area contributed by atoms with E-state index < -0.39 is 0 Å². The SMILES string of the molecule is [N]C1CCCC(Cc2ccccc2)N1. The maximum atomic E-state index is 9.45. The number of rotatable bonds is 2. The molecule has 1 N–H and O–H groups in total. The van der Waals surface area contributed by atoms with E-state index in [4.69, 9.17) is 0 Å². The highest BCUT2D eigenvalue weighted by molar-refractivity contribution is 5.16. The van der Waals surface area contributed by atoms with Crippen LogP contribution in [-0.2, 0) is 6.42 Å². The van der Waals surface area contributed by atoms with Gasteiger partial charge in [0.2, 0.25) is 0 Å². The molecule has 0 bridgehead atoms. The Labute approximate surface area is 85.5 Å². The molecule has 0 amide bonds. The van der Waals surface area contributed by atoms with Crippen LogP contribution in [0.3, 0.4) is 0 Å². The first-order chi connectivity index (χ1) is 6.84. The summed E-state index contributed by atoms with van der Waals surface area (Å²) in [6.45, 7) is 0. The van der Waals surface area contributed by atoms with Gasteiger partial charge in [0.15, 0.2) is 0 Å². The smallest absolute Gasteiger partial charge is 0.0928 e. The molecule has 2 heteroatoms. The molecule has 1 aromatic carbocycles. The van der Waals surface area contributed by atoms with Crippen molar-refractivity contribution in [3.8, 4) is 0 Å². The number of hydrogen-bond acceptors (Lipinski definition) is 1. The average Bonchev–Trinajstić information content (AvgIpc) is 2.19. The minimum absolute atomic E-state index is 0.294. The second-order valence-corrected chi connectivity index (χ2v) is 4.00. The molecule has 0 aliphatic carbocycles. The predicted octanol–water partition coefficient (Wildman–Crippen LogP) is 1.77. The Hall–Kier alpha value is -0.860. The Balaban J connectivity index is 1.91. The largest absolute Gasteiger partial charge is 0.296 e. The fourth-order valence-corrected chi connectivity index (χ4v) is 2.06. The maximum Gasteiger partial charge on any atom is 0.0928 e. The van der Waals surface area contributed by atoms with Gasteiger partial charge < -0.3 is 0 Å². The summed E-state index contributed by atoms with van der Waals surface area (Å²) in [4.78, 5) is 0. The Morgan fingerprint density at radius 3 is 2.71 bits per heavy atom. The van der Waals surface area contributed by atoms with E-state index in [2.05, 4.69) is 29.6 Å². The molecule has 0 aromatic heterocycles. The van der Waals surface area contributed by atoms with Gasteiger partial charge in [-0.2, -0.15) is 0 Å². The van der Waals surface area contributed by atoms with Crippen LogP contribution >= 0.6 is 0 Å². The van der Waals surface area contributed by atoms with E-state index in [1.165, 1.54) is 12.0 Å². The number of benzene rings is 1. The zero-order valence-corrected chi connectivity index (χ0v) is 8.32. The van der Waals surface area contributed by atoms with E-state index in [-0.39, 0.29) is 6.17 Å². The van der Waals surface area contributed by atoms with Gasteiger partial charge in [-0.1, -0.05) is 30.3 Å². The van der Waals surface area contributed by atoms with Crippen molar-refractivity contribution in [2.75, 3.05) is 0 Å². The molecule has 1 aromatic rings. The summed E-state index contributed by atoms with van der Waals surface area (Å²) in [5, 5.41) is 3.22. The van der Waals surface area contributed by atoms with E-state index in [1.807, 2.05) is 6.07 Å². The van der Waals surface area contributed by atoms with Crippen LogP contribution in [0.4, 0.5) is 0 Å². The zero-order chi connectivity index (χ0) is 9.80. The van der Waals surface area contributed by atoms with Crippen molar-refractivity contribution < 1.29 is 0 Å². The molecule has 1 fully saturated rings. The molecule has 2 rings (SSSR count). The molecule has 1 heterocycles. The first-order valence-corrected chi connectivity index (χ1v) is 5.32. The van der Waals surface area contributed by atoms with Crippen LogP contribution in [-0.4, -0.2) is 12.2 Å². The highest BCUT2D eigenvalue weighted by atomic mass is 15.1. The zero-order valence-electron chi connectivity index (χ0n) is 8.32. The number of nitrogens with zero attached hydrogens (tertiary/aromatic N) is 1. The number of piperidine rings is 1. The molecular weight excluding hydrogens is 172 g/mol. The van der Waals surface area contributed by atoms with Gasteiger partial charge in [0, 0.05) is 6.04 Å². The van der Waals surface area contributed by atoms with E-state index in [1.54, 1.807) is 0 Å². The van der Waals surface area contributed by atoms with Gasteiger partial charge in [-0.3, -0.25) is 5.32 Å². The molecule has 74 valence electrons.